The van der Waals surface area contributed by atoms with E-state index in [0.717, 1.165) is 6.42 Å². The van der Waals surface area contributed by atoms with Crippen molar-refractivity contribution in [3.63, 3.8) is 0 Å². The lowest BCUT2D eigenvalue weighted by atomic mass is 10.2. The maximum atomic E-state index is 11.6. The van der Waals surface area contributed by atoms with Gasteiger partial charge in [-0.2, -0.15) is 0 Å². The first-order valence-corrected chi connectivity index (χ1v) is 6.62. The fourth-order valence-electron chi connectivity index (χ4n) is 1.25. The van der Waals surface area contributed by atoms with Gasteiger partial charge in [0.05, 0.1) is 12.3 Å². The van der Waals surface area contributed by atoms with Crippen LogP contribution in [0.1, 0.15) is 23.7 Å². The van der Waals surface area contributed by atoms with Crippen LogP contribution < -0.4 is 10.1 Å². The van der Waals surface area contributed by atoms with Gasteiger partial charge in [-0.15, -0.1) is 0 Å². The van der Waals surface area contributed by atoms with Crippen LogP contribution in [0.4, 0.5) is 5.69 Å². The Morgan fingerprint density at radius 1 is 1.42 bits per heavy atom. The molecule has 0 spiro atoms. The van der Waals surface area contributed by atoms with E-state index in [4.69, 9.17) is 39.5 Å². The lowest BCUT2D eigenvalue weighted by Gasteiger charge is -2.15. The number of carbonyl (C=O) groups is 2. The van der Waals surface area contributed by atoms with Crippen molar-refractivity contribution < 1.29 is 14.3 Å². The molecule has 0 atom stereocenters. The van der Waals surface area contributed by atoms with Crippen molar-refractivity contribution in [2.45, 2.75) is 17.1 Å². The summed E-state index contributed by atoms with van der Waals surface area (Å²) in [5.41, 5.74) is 0.665. The second kappa shape index (κ2) is 6.98. The zero-order valence-corrected chi connectivity index (χ0v) is 12.4. The molecule has 0 saturated heterocycles. The summed E-state index contributed by atoms with van der Waals surface area (Å²) in [4.78, 5) is 22.3. The molecule has 0 aliphatic rings. The number of alkyl halides is 3. The van der Waals surface area contributed by atoms with Crippen molar-refractivity contribution in [3.8, 4) is 5.75 Å². The Labute approximate surface area is 126 Å². The van der Waals surface area contributed by atoms with E-state index in [2.05, 4.69) is 5.32 Å². The molecular formula is C12H12Cl3NO3. The normalized spacial score (nSPS) is 10.9. The van der Waals surface area contributed by atoms with Crippen LogP contribution in [-0.4, -0.2) is 22.6 Å². The number of aldehydes is 1. The molecule has 4 nitrogen and oxygen atoms in total. The van der Waals surface area contributed by atoms with Crippen molar-refractivity contribution in [2.24, 2.45) is 0 Å². The molecule has 1 aromatic carbocycles. The molecule has 0 unspecified atom stereocenters. The van der Waals surface area contributed by atoms with Crippen LogP contribution in [-0.2, 0) is 4.79 Å². The zero-order chi connectivity index (χ0) is 14.5. The number of carbonyl (C=O) groups excluding carboxylic acids is 2. The van der Waals surface area contributed by atoms with Crippen LogP contribution >= 0.6 is 34.8 Å². The summed E-state index contributed by atoms with van der Waals surface area (Å²) < 4.78 is 3.36. The molecule has 19 heavy (non-hydrogen) atoms. The second-order valence-electron chi connectivity index (χ2n) is 3.67. The predicted molar refractivity (Wildman–Crippen MR) is 76.5 cm³/mol. The van der Waals surface area contributed by atoms with Gasteiger partial charge >= 0.3 is 0 Å². The van der Waals surface area contributed by atoms with Gasteiger partial charge in [-0.1, -0.05) is 41.7 Å². The third-order valence-electron chi connectivity index (χ3n) is 2.11. The summed E-state index contributed by atoms with van der Waals surface area (Å²) in [6.07, 6.45) is 1.45. The van der Waals surface area contributed by atoms with Crippen molar-refractivity contribution in [1.82, 2.24) is 0 Å². The molecule has 1 N–H and O–H groups in total. The van der Waals surface area contributed by atoms with E-state index in [1.54, 1.807) is 12.1 Å². The van der Waals surface area contributed by atoms with Crippen molar-refractivity contribution in [1.29, 1.82) is 0 Å². The van der Waals surface area contributed by atoms with Gasteiger partial charge < -0.3 is 10.1 Å². The molecule has 7 heteroatoms. The summed E-state index contributed by atoms with van der Waals surface area (Å²) >= 11 is 16.4. The molecular weight excluding hydrogens is 312 g/mol. The number of nitrogens with one attached hydrogen (secondary N) is 1. The zero-order valence-electron chi connectivity index (χ0n) is 10.1. The molecule has 0 aliphatic heterocycles. The number of amides is 1. The Bertz CT molecular complexity index is 472. The topological polar surface area (TPSA) is 55.4 Å². The third kappa shape index (κ3) is 4.90. The van der Waals surface area contributed by atoms with E-state index in [9.17, 15) is 9.59 Å². The van der Waals surface area contributed by atoms with Crippen LogP contribution in [0.3, 0.4) is 0 Å². The Morgan fingerprint density at radius 3 is 2.63 bits per heavy atom. The third-order valence-corrected chi connectivity index (χ3v) is 2.62. The highest BCUT2D eigenvalue weighted by Gasteiger charge is 2.31. The molecule has 0 radical (unpaired) electrons. The van der Waals surface area contributed by atoms with Crippen LogP contribution in [0.2, 0.25) is 0 Å². The van der Waals surface area contributed by atoms with Crippen molar-refractivity contribution in [2.75, 3.05) is 11.9 Å². The summed E-state index contributed by atoms with van der Waals surface area (Å²) in [7, 11) is 0. The van der Waals surface area contributed by atoms with E-state index in [-0.39, 0.29) is 5.69 Å². The number of hydrogen-bond donors (Lipinski definition) is 1. The molecule has 0 aliphatic carbocycles. The molecule has 104 valence electrons. The Morgan fingerprint density at radius 2 is 2.11 bits per heavy atom. The molecule has 1 rings (SSSR count). The van der Waals surface area contributed by atoms with Gasteiger partial charge in [0.15, 0.2) is 0 Å². The largest absolute Gasteiger partial charge is 0.491 e. The SMILES string of the molecule is CCCOc1ccc(C=O)cc1NC(=O)C(Cl)(Cl)Cl. The number of hydrogen-bond acceptors (Lipinski definition) is 3. The average molecular weight is 325 g/mol. The van der Waals surface area contributed by atoms with Crippen LogP contribution in [0.25, 0.3) is 0 Å². The van der Waals surface area contributed by atoms with Gasteiger partial charge in [0.2, 0.25) is 0 Å². The molecule has 0 saturated carbocycles. The number of benzene rings is 1. The predicted octanol–water partition coefficient (Wildman–Crippen LogP) is 3.60. The number of halogens is 3. The summed E-state index contributed by atoms with van der Waals surface area (Å²) in [5.74, 6) is -0.406. The first-order chi connectivity index (χ1) is 8.88. The van der Waals surface area contributed by atoms with Crippen LogP contribution in [0.15, 0.2) is 18.2 Å². The number of ether oxygens (including phenoxy) is 1. The Hall–Kier alpha value is -0.970. The van der Waals surface area contributed by atoms with Crippen LogP contribution in [0.5, 0.6) is 5.75 Å². The maximum Gasteiger partial charge on any atom is 0.276 e. The Balaban J connectivity index is 3.00. The molecule has 0 aromatic heterocycles. The van der Waals surface area contributed by atoms with Gasteiger partial charge in [0, 0.05) is 5.56 Å². The molecule has 1 amide bonds. The Kier molecular flexibility index (Phi) is 5.91. The minimum absolute atomic E-state index is 0.286. The average Bonchev–Trinajstić information content (AvgIpc) is 2.36. The summed E-state index contributed by atoms with van der Waals surface area (Å²) in [6, 6.07) is 4.60. The van der Waals surface area contributed by atoms with Gasteiger partial charge in [0.25, 0.3) is 9.70 Å². The van der Waals surface area contributed by atoms with Gasteiger partial charge in [-0.3, -0.25) is 9.59 Å². The minimum atomic E-state index is -2.08. The number of rotatable bonds is 5. The van der Waals surface area contributed by atoms with Gasteiger partial charge in [-0.25, -0.2) is 0 Å². The molecule has 1 aromatic rings. The van der Waals surface area contributed by atoms with Gasteiger partial charge in [0.1, 0.15) is 12.0 Å². The van der Waals surface area contributed by atoms with E-state index in [0.29, 0.717) is 24.2 Å². The van der Waals surface area contributed by atoms with Gasteiger partial charge in [-0.05, 0) is 24.6 Å². The van der Waals surface area contributed by atoms with E-state index < -0.39 is 9.70 Å². The minimum Gasteiger partial charge on any atom is -0.491 e. The van der Waals surface area contributed by atoms with E-state index in [1.807, 2.05) is 6.92 Å². The summed E-state index contributed by atoms with van der Waals surface area (Å²) in [6.45, 7) is 2.41. The highest BCUT2D eigenvalue weighted by molar-refractivity contribution is 6.76. The van der Waals surface area contributed by atoms with E-state index in [1.165, 1.54) is 6.07 Å². The second-order valence-corrected chi connectivity index (χ2v) is 5.96. The van der Waals surface area contributed by atoms with E-state index >= 15 is 0 Å². The smallest absolute Gasteiger partial charge is 0.276 e. The molecule has 0 fully saturated rings. The fraction of sp³-hybridized carbons (Fsp3) is 0.333. The highest BCUT2D eigenvalue weighted by atomic mass is 35.6. The summed E-state index contributed by atoms with van der Waals surface area (Å²) in [5, 5.41) is 2.42. The fourth-order valence-corrected chi connectivity index (χ4v) is 1.39. The van der Waals surface area contributed by atoms with Crippen LogP contribution in [0, 0.1) is 0 Å². The first kappa shape index (κ1) is 16.1. The molecule has 0 bridgehead atoms. The number of anilines is 1. The monoisotopic (exact) mass is 323 g/mol. The molecule has 0 heterocycles. The quantitative estimate of drug-likeness (QED) is 0.665. The standard InChI is InChI=1S/C12H12Cl3NO3/c1-2-5-19-10-4-3-8(7-17)6-9(10)16-11(18)12(13,14)15/h3-4,6-7H,2,5H2,1H3,(H,16,18). The first-order valence-electron chi connectivity index (χ1n) is 5.48. The maximum absolute atomic E-state index is 11.6. The van der Waals surface area contributed by atoms with Crippen molar-refractivity contribution >= 4 is 52.7 Å². The highest BCUT2D eigenvalue weighted by Crippen LogP contribution is 2.31. The lowest BCUT2D eigenvalue weighted by molar-refractivity contribution is -0.115. The lowest BCUT2D eigenvalue weighted by Crippen LogP contribution is -2.27. The van der Waals surface area contributed by atoms with Crippen molar-refractivity contribution in [3.05, 3.63) is 23.8 Å².